The Balaban J connectivity index is 1.68. The van der Waals surface area contributed by atoms with Gasteiger partial charge < -0.3 is 10.1 Å². The largest absolute Gasteiger partial charge is 0.479 e. The maximum atomic E-state index is 8.63. The van der Waals surface area contributed by atoms with Gasteiger partial charge in [0.05, 0.1) is 6.04 Å². The fourth-order valence-electron chi connectivity index (χ4n) is 4.06. The van der Waals surface area contributed by atoms with Crippen molar-refractivity contribution >= 4 is 17.3 Å². The average molecular weight is 351 g/mol. The molecule has 0 unspecified atom stereocenters. The highest BCUT2D eigenvalue weighted by atomic mass is 35.5. The van der Waals surface area contributed by atoms with Crippen molar-refractivity contribution in [3.63, 3.8) is 0 Å². The molecule has 0 bridgehead atoms. The molecule has 1 N–H and O–H groups in total. The van der Waals surface area contributed by atoms with Gasteiger partial charge >= 0.3 is 0 Å². The highest BCUT2D eigenvalue weighted by Gasteiger charge is 2.38. The Morgan fingerprint density at radius 2 is 2.08 bits per heavy atom. The molecule has 1 heterocycles. The minimum Gasteiger partial charge on any atom is -0.479 e. The lowest BCUT2D eigenvalue weighted by Gasteiger charge is -2.38. The van der Waals surface area contributed by atoms with Gasteiger partial charge in [-0.1, -0.05) is 35.9 Å². The van der Waals surface area contributed by atoms with Crippen LogP contribution in [-0.2, 0) is 0 Å². The lowest BCUT2D eigenvalue weighted by molar-refractivity contribution is 0.367. The highest BCUT2D eigenvalue weighted by Crippen LogP contribution is 2.51. The summed E-state index contributed by atoms with van der Waals surface area (Å²) < 4.78 is 5.36. The molecule has 2 aromatic carbocycles. The Morgan fingerprint density at radius 1 is 1.28 bits per heavy atom. The predicted molar refractivity (Wildman–Crippen MR) is 100 cm³/mol. The zero-order valence-corrected chi connectivity index (χ0v) is 14.8. The van der Waals surface area contributed by atoms with Gasteiger partial charge in [-0.05, 0) is 60.2 Å². The lowest BCUT2D eigenvalue weighted by atomic mass is 9.76. The molecule has 2 aliphatic rings. The Kier molecular flexibility index (Phi) is 4.15. The van der Waals surface area contributed by atoms with E-state index >= 15 is 0 Å². The number of anilines is 1. The Bertz CT molecular complexity index is 867. The van der Waals surface area contributed by atoms with Crippen molar-refractivity contribution in [1.82, 2.24) is 0 Å². The summed E-state index contributed by atoms with van der Waals surface area (Å²) in [5.74, 6) is 1.61. The molecule has 4 heteroatoms. The zero-order valence-electron chi connectivity index (χ0n) is 14.0. The number of rotatable bonds is 3. The van der Waals surface area contributed by atoms with Gasteiger partial charge in [0.25, 0.3) is 0 Å². The van der Waals surface area contributed by atoms with Crippen molar-refractivity contribution in [3.05, 3.63) is 70.3 Å². The third-order valence-electron chi connectivity index (χ3n) is 5.17. The van der Waals surface area contributed by atoms with Crippen molar-refractivity contribution in [1.29, 1.82) is 5.26 Å². The van der Waals surface area contributed by atoms with Crippen LogP contribution in [0.1, 0.15) is 35.1 Å². The van der Waals surface area contributed by atoms with E-state index in [4.69, 9.17) is 21.6 Å². The van der Waals surface area contributed by atoms with Gasteiger partial charge in [0.15, 0.2) is 6.61 Å². The maximum Gasteiger partial charge on any atom is 0.174 e. The molecular weight excluding hydrogens is 332 g/mol. The van der Waals surface area contributed by atoms with E-state index in [1.807, 2.05) is 24.3 Å². The van der Waals surface area contributed by atoms with E-state index in [-0.39, 0.29) is 12.6 Å². The molecule has 25 heavy (non-hydrogen) atoms. The van der Waals surface area contributed by atoms with E-state index in [1.165, 1.54) is 22.4 Å². The maximum absolute atomic E-state index is 8.63. The average Bonchev–Trinajstić information content (AvgIpc) is 3.10. The summed E-state index contributed by atoms with van der Waals surface area (Å²) in [6, 6.07) is 14.4. The summed E-state index contributed by atoms with van der Waals surface area (Å²) in [4.78, 5) is 0. The van der Waals surface area contributed by atoms with Crippen LogP contribution in [0.5, 0.6) is 5.75 Å². The molecule has 3 nitrogen and oxygen atoms in total. The molecule has 126 valence electrons. The number of allylic oxidation sites excluding steroid dienone is 2. The molecule has 0 radical (unpaired) electrons. The number of fused-ring (bicyclic) bond motifs is 3. The van der Waals surface area contributed by atoms with Crippen LogP contribution in [0.25, 0.3) is 0 Å². The number of nitrogens with zero attached hydrogens (tertiary/aromatic N) is 1. The molecule has 1 aliphatic carbocycles. The molecule has 4 rings (SSSR count). The number of nitriles is 1. The Labute approximate surface area is 152 Å². The molecule has 0 saturated carbocycles. The molecule has 0 saturated heterocycles. The van der Waals surface area contributed by atoms with Crippen LogP contribution < -0.4 is 10.1 Å². The topological polar surface area (TPSA) is 45.0 Å². The second-order valence-electron chi connectivity index (χ2n) is 6.68. The normalized spacial score (nSPS) is 23.3. The first-order valence-corrected chi connectivity index (χ1v) is 8.88. The first-order chi connectivity index (χ1) is 12.2. The number of hydrogen-bond acceptors (Lipinski definition) is 3. The summed E-state index contributed by atoms with van der Waals surface area (Å²) in [5.41, 5.74) is 4.92. The summed E-state index contributed by atoms with van der Waals surface area (Å²) in [6.45, 7) is 2.18. The highest BCUT2D eigenvalue weighted by molar-refractivity contribution is 6.30. The second kappa shape index (κ2) is 6.46. The Hall–Kier alpha value is -2.44. The fraction of sp³-hybridized carbons (Fsp3) is 0.286. The molecule has 2 aromatic rings. The number of benzene rings is 2. The third kappa shape index (κ3) is 2.88. The van der Waals surface area contributed by atoms with E-state index in [0.717, 1.165) is 17.2 Å². The molecule has 0 aromatic heterocycles. The first kappa shape index (κ1) is 16.1. The van der Waals surface area contributed by atoms with Crippen LogP contribution >= 0.6 is 11.6 Å². The van der Waals surface area contributed by atoms with Gasteiger partial charge in [0.1, 0.15) is 11.8 Å². The number of nitrogens with one attached hydrogen (secondary N) is 1. The molecule has 3 atom stereocenters. The minimum absolute atomic E-state index is 0.0724. The van der Waals surface area contributed by atoms with E-state index in [9.17, 15) is 0 Å². The van der Waals surface area contributed by atoms with Gasteiger partial charge in [0.2, 0.25) is 0 Å². The summed E-state index contributed by atoms with van der Waals surface area (Å²) in [7, 11) is 0. The first-order valence-electron chi connectivity index (χ1n) is 8.50. The van der Waals surface area contributed by atoms with Crippen molar-refractivity contribution in [3.8, 4) is 11.8 Å². The standard InChI is InChI=1S/C21H19ClN2O/c1-13-11-15(22)12-19-17-3-2-4-18(17)21(24-20(13)19)14-5-7-16(8-6-14)25-10-9-23/h2-3,5-8,11-12,17-18,21,24H,4,10H2,1H3/t17-,18+,21-/m1/s1. The quantitative estimate of drug-likeness (QED) is 0.756. The van der Waals surface area contributed by atoms with Crippen LogP contribution in [-0.4, -0.2) is 6.61 Å². The number of ether oxygens (including phenoxy) is 1. The van der Waals surface area contributed by atoms with Crippen molar-refractivity contribution in [2.24, 2.45) is 5.92 Å². The molecule has 0 amide bonds. The van der Waals surface area contributed by atoms with E-state index in [0.29, 0.717) is 11.8 Å². The van der Waals surface area contributed by atoms with E-state index in [1.54, 1.807) is 0 Å². The summed E-state index contributed by atoms with van der Waals surface area (Å²) in [6.07, 6.45) is 5.65. The molecular formula is C21H19ClN2O. The number of hydrogen-bond donors (Lipinski definition) is 1. The van der Waals surface area contributed by atoms with Crippen molar-refractivity contribution < 1.29 is 4.74 Å². The number of aryl methyl sites for hydroxylation is 1. The smallest absolute Gasteiger partial charge is 0.174 e. The second-order valence-corrected chi connectivity index (χ2v) is 7.11. The van der Waals surface area contributed by atoms with Crippen molar-refractivity contribution in [2.75, 3.05) is 11.9 Å². The van der Waals surface area contributed by atoms with Crippen LogP contribution in [0.2, 0.25) is 5.02 Å². The fourth-order valence-corrected chi connectivity index (χ4v) is 4.34. The van der Waals surface area contributed by atoms with E-state index in [2.05, 4.69) is 42.6 Å². The third-order valence-corrected chi connectivity index (χ3v) is 5.39. The summed E-state index contributed by atoms with van der Waals surface area (Å²) >= 11 is 6.30. The zero-order chi connectivity index (χ0) is 17.4. The van der Waals surface area contributed by atoms with Crippen LogP contribution in [0.3, 0.4) is 0 Å². The Morgan fingerprint density at radius 3 is 2.84 bits per heavy atom. The van der Waals surface area contributed by atoms with Gasteiger partial charge in [-0.25, -0.2) is 0 Å². The van der Waals surface area contributed by atoms with Gasteiger partial charge in [-0.15, -0.1) is 0 Å². The molecule has 0 spiro atoms. The predicted octanol–water partition coefficient (Wildman–Crippen LogP) is 5.38. The van der Waals surface area contributed by atoms with Crippen molar-refractivity contribution in [2.45, 2.75) is 25.3 Å². The van der Waals surface area contributed by atoms with Crippen LogP contribution in [0.15, 0.2) is 48.6 Å². The number of halogens is 1. The minimum atomic E-state index is 0.0724. The summed E-state index contributed by atoms with van der Waals surface area (Å²) in [5, 5.41) is 13.2. The van der Waals surface area contributed by atoms with Gasteiger partial charge in [-0.3, -0.25) is 0 Å². The van der Waals surface area contributed by atoms with Crippen LogP contribution in [0.4, 0.5) is 5.69 Å². The van der Waals surface area contributed by atoms with Gasteiger partial charge in [0, 0.05) is 16.6 Å². The monoisotopic (exact) mass is 350 g/mol. The lowest BCUT2D eigenvalue weighted by Crippen LogP contribution is -2.29. The SMILES string of the molecule is Cc1cc(Cl)cc2c1N[C@H](c1ccc(OCC#N)cc1)[C@H]1CC=C[C@@H]21. The molecule has 0 fully saturated rings. The van der Waals surface area contributed by atoms with Crippen LogP contribution in [0, 0.1) is 24.2 Å². The van der Waals surface area contributed by atoms with Gasteiger partial charge in [-0.2, -0.15) is 5.26 Å². The van der Waals surface area contributed by atoms with E-state index < -0.39 is 0 Å². The molecule has 1 aliphatic heterocycles.